The van der Waals surface area contributed by atoms with Gasteiger partial charge in [0, 0.05) is 18.4 Å². The minimum atomic E-state index is -0.768. The average molecular weight is 560 g/mol. The lowest BCUT2D eigenvalue weighted by atomic mass is 9.62. The van der Waals surface area contributed by atoms with Gasteiger partial charge in [-0.3, -0.25) is 0 Å². The molecule has 7 heteroatoms. The molecule has 1 aliphatic carbocycles. The lowest BCUT2D eigenvalue weighted by Crippen LogP contribution is -2.60. The first-order valence-corrected chi connectivity index (χ1v) is 14.5. The fourth-order valence-corrected chi connectivity index (χ4v) is 5.96. The molecule has 1 N–H and O–H groups in total. The molecule has 0 spiro atoms. The van der Waals surface area contributed by atoms with Crippen molar-refractivity contribution in [1.29, 1.82) is 0 Å². The normalized spacial score (nSPS) is 18.9. The number of fused-ring (bicyclic) bond motifs is 1. The van der Waals surface area contributed by atoms with Crippen LogP contribution in [0.3, 0.4) is 0 Å². The SMILES string of the molecule is CCOC1Cc2ccc(OC(=O)OC(C)c3ccccc3)cc2C(CC)(CC)C1NC(=O)O[C@@H](C)c1ccccc1. The molecule has 3 aromatic rings. The molecule has 3 aromatic carbocycles. The second-order valence-corrected chi connectivity index (χ2v) is 10.5. The van der Waals surface area contributed by atoms with Crippen LogP contribution in [0, 0.1) is 0 Å². The first kappa shape index (κ1) is 30.1. The summed E-state index contributed by atoms with van der Waals surface area (Å²) in [7, 11) is 0. The van der Waals surface area contributed by atoms with Crippen molar-refractivity contribution in [3.05, 3.63) is 101 Å². The molecular formula is C34H41NO6. The summed E-state index contributed by atoms with van der Waals surface area (Å²) in [6, 6.07) is 24.5. The summed E-state index contributed by atoms with van der Waals surface area (Å²) in [6.07, 6.45) is -0.268. The van der Waals surface area contributed by atoms with Crippen LogP contribution in [0.5, 0.6) is 5.75 Å². The number of hydrogen-bond acceptors (Lipinski definition) is 6. The number of nitrogens with one attached hydrogen (secondary N) is 1. The fourth-order valence-electron chi connectivity index (χ4n) is 5.96. The topological polar surface area (TPSA) is 83.1 Å². The summed E-state index contributed by atoms with van der Waals surface area (Å²) in [5, 5.41) is 3.17. The third-order valence-corrected chi connectivity index (χ3v) is 8.22. The summed E-state index contributed by atoms with van der Waals surface area (Å²) >= 11 is 0. The molecule has 0 aliphatic heterocycles. The van der Waals surface area contributed by atoms with Gasteiger partial charge in [-0.25, -0.2) is 9.59 Å². The highest BCUT2D eigenvalue weighted by Crippen LogP contribution is 2.45. The molecular weight excluding hydrogens is 518 g/mol. The molecule has 0 fully saturated rings. The van der Waals surface area contributed by atoms with E-state index in [9.17, 15) is 9.59 Å². The molecule has 41 heavy (non-hydrogen) atoms. The van der Waals surface area contributed by atoms with Gasteiger partial charge in [-0.15, -0.1) is 0 Å². The third kappa shape index (κ3) is 6.91. The molecule has 218 valence electrons. The second kappa shape index (κ2) is 13.7. The number of benzene rings is 3. The Morgan fingerprint density at radius 1 is 0.854 bits per heavy atom. The minimum absolute atomic E-state index is 0.240. The Labute approximate surface area is 243 Å². The maximum absolute atomic E-state index is 13.2. The van der Waals surface area contributed by atoms with Gasteiger partial charge in [0.25, 0.3) is 0 Å². The summed E-state index contributed by atoms with van der Waals surface area (Å²) in [5.41, 5.74) is 3.47. The molecule has 0 saturated heterocycles. The number of hydrogen-bond donors (Lipinski definition) is 1. The molecule has 1 aliphatic rings. The van der Waals surface area contributed by atoms with E-state index in [1.54, 1.807) is 6.07 Å². The maximum Gasteiger partial charge on any atom is 0.514 e. The van der Waals surface area contributed by atoms with Crippen molar-refractivity contribution in [1.82, 2.24) is 5.32 Å². The van der Waals surface area contributed by atoms with Gasteiger partial charge in [-0.2, -0.15) is 0 Å². The second-order valence-electron chi connectivity index (χ2n) is 10.5. The lowest BCUT2D eigenvalue weighted by molar-refractivity contribution is -0.00398. The number of amides is 1. The molecule has 0 bridgehead atoms. The first-order valence-electron chi connectivity index (χ1n) is 14.5. The van der Waals surface area contributed by atoms with Crippen molar-refractivity contribution < 1.29 is 28.5 Å². The predicted octanol–water partition coefficient (Wildman–Crippen LogP) is 7.84. The van der Waals surface area contributed by atoms with E-state index in [1.807, 2.05) is 93.6 Å². The summed E-state index contributed by atoms with van der Waals surface area (Å²) in [4.78, 5) is 25.9. The molecule has 0 heterocycles. The van der Waals surface area contributed by atoms with Gasteiger partial charge in [0.05, 0.1) is 12.1 Å². The maximum atomic E-state index is 13.2. The van der Waals surface area contributed by atoms with Crippen molar-refractivity contribution in [2.45, 2.75) is 83.6 Å². The van der Waals surface area contributed by atoms with Crippen LogP contribution in [-0.4, -0.2) is 31.0 Å². The number of carbonyl (C=O) groups is 2. The van der Waals surface area contributed by atoms with Crippen molar-refractivity contribution >= 4 is 12.2 Å². The largest absolute Gasteiger partial charge is 0.514 e. The van der Waals surface area contributed by atoms with Crippen LogP contribution < -0.4 is 10.1 Å². The lowest BCUT2D eigenvalue weighted by Gasteiger charge is -2.48. The van der Waals surface area contributed by atoms with Gasteiger partial charge >= 0.3 is 12.2 Å². The van der Waals surface area contributed by atoms with Crippen LogP contribution in [0.1, 0.15) is 81.9 Å². The third-order valence-electron chi connectivity index (χ3n) is 8.22. The van der Waals surface area contributed by atoms with Crippen LogP contribution in [0.4, 0.5) is 9.59 Å². The van der Waals surface area contributed by atoms with Crippen molar-refractivity contribution in [2.24, 2.45) is 0 Å². The number of carbonyl (C=O) groups excluding carboxylic acids is 2. The van der Waals surface area contributed by atoms with E-state index in [0.717, 1.165) is 35.1 Å². The van der Waals surface area contributed by atoms with Gasteiger partial charge < -0.3 is 24.3 Å². The zero-order valence-electron chi connectivity index (χ0n) is 24.6. The van der Waals surface area contributed by atoms with Gasteiger partial charge in [-0.1, -0.05) is 80.6 Å². The van der Waals surface area contributed by atoms with E-state index in [1.165, 1.54) is 0 Å². The van der Waals surface area contributed by atoms with E-state index in [4.69, 9.17) is 18.9 Å². The van der Waals surface area contributed by atoms with Crippen molar-refractivity contribution in [2.75, 3.05) is 6.61 Å². The summed E-state index contributed by atoms with van der Waals surface area (Å²) < 4.78 is 23.2. The van der Waals surface area contributed by atoms with Crippen molar-refractivity contribution in [3.8, 4) is 5.75 Å². The molecule has 0 radical (unpaired) electrons. The Balaban J connectivity index is 1.56. The zero-order chi connectivity index (χ0) is 29.4. The van der Waals surface area contributed by atoms with Crippen LogP contribution in [0.2, 0.25) is 0 Å². The Morgan fingerprint density at radius 2 is 1.44 bits per heavy atom. The molecule has 0 aromatic heterocycles. The molecule has 7 nitrogen and oxygen atoms in total. The van der Waals surface area contributed by atoms with Crippen molar-refractivity contribution in [3.63, 3.8) is 0 Å². The van der Waals surface area contributed by atoms with Crippen LogP contribution in [-0.2, 0) is 26.0 Å². The average Bonchev–Trinajstić information content (AvgIpc) is 2.98. The predicted molar refractivity (Wildman–Crippen MR) is 158 cm³/mol. The van der Waals surface area contributed by atoms with E-state index in [0.29, 0.717) is 18.8 Å². The Bertz CT molecular complexity index is 1290. The van der Waals surface area contributed by atoms with Crippen LogP contribution >= 0.6 is 0 Å². The van der Waals surface area contributed by atoms with Gasteiger partial charge in [0.1, 0.15) is 18.0 Å². The molecule has 4 rings (SSSR count). The molecule has 3 unspecified atom stereocenters. The number of alkyl carbamates (subject to hydrolysis) is 1. The van der Waals surface area contributed by atoms with E-state index in [2.05, 4.69) is 19.2 Å². The van der Waals surface area contributed by atoms with Gasteiger partial charge in [-0.05, 0) is 68.0 Å². The monoisotopic (exact) mass is 559 g/mol. The van der Waals surface area contributed by atoms with Crippen LogP contribution in [0.15, 0.2) is 78.9 Å². The highest BCUT2D eigenvalue weighted by molar-refractivity contribution is 5.69. The van der Waals surface area contributed by atoms with Gasteiger partial charge in [0.2, 0.25) is 0 Å². The summed E-state index contributed by atoms with van der Waals surface area (Å²) in [5.74, 6) is 0.397. The highest BCUT2D eigenvalue weighted by atomic mass is 16.7. The van der Waals surface area contributed by atoms with E-state index >= 15 is 0 Å². The molecule has 4 atom stereocenters. The Morgan fingerprint density at radius 3 is 2.00 bits per heavy atom. The highest BCUT2D eigenvalue weighted by Gasteiger charge is 2.48. The number of ether oxygens (including phenoxy) is 4. The smallest absolute Gasteiger partial charge is 0.442 e. The zero-order valence-corrected chi connectivity index (χ0v) is 24.6. The van der Waals surface area contributed by atoms with E-state index in [-0.39, 0.29) is 12.1 Å². The molecule has 0 saturated carbocycles. The Hall–Kier alpha value is -3.84. The van der Waals surface area contributed by atoms with Gasteiger partial charge in [0.15, 0.2) is 0 Å². The van der Waals surface area contributed by atoms with E-state index < -0.39 is 29.9 Å². The standard InChI is InChI=1S/C34H41NO6/c1-6-34(7-2)29-22-28(41-33(37)40-24(5)26-17-13-10-14-18-26)20-19-27(29)21-30(38-8-3)31(34)35-32(36)39-23(4)25-15-11-9-12-16-25/h9-20,22-24,30-31H,6-8,21H2,1-5H3,(H,35,36)/t23-,24?,30?,31?/m0/s1. The summed E-state index contributed by atoms with van der Waals surface area (Å²) in [6.45, 7) is 10.4. The number of rotatable bonds is 10. The fraction of sp³-hybridized carbons (Fsp3) is 0.412. The first-order chi connectivity index (χ1) is 19.8. The van der Waals surface area contributed by atoms with Crippen LogP contribution in [0.25, 0.3) is 0 Å². The molecule has 1 amide bonds. The minimum Gasteiger partial charge on any atom is -0.442 e. The quantitative estimate of drug-likeness (QED) is 0.201. The Kier molecular flexibility index (Phi) is 10.1.